The third-order valence-corrected chi connectivity index (χ3v) is 2.23. The van der Waals surface area contributed by atoms with Crippen LogP contribution in [0.5, 0.6) is 0 Å². The van der Waals surface area contributed by atoms with E-state index in [4.69, 9.17) is 10.8 Å². The Labute approximate surface area is 74.1 Å². The van der Waals surface area contributed by atoms with Gasteiger partial charge in [0.1, 0.15) is 11.7 Å². The first kappa shape index (κ1) is 8.00. The van der Waals surface area contributed by atoms with Gasteiger partial charge in [0.2, 0.25) is 5.91 Å². The Morgan fingerprint density at radius 2 is 2.31 bits per heavy atom. The largest absolute Gasteiger partial charge is 0.477 e. The predicted molar refractivity (Wildman–Crippen MR) is 43.5 cm³/mol. The number of fused-ring (bicyclic) bond motifs is 1. The van der Waals surface area contributed by atoms with Crippen molar-refractivity contribution < 1.29 is 14.7 Å². The van der Waals surface area contributed by atoms with Crippen molar-refractivity contribution in [2.24, 2.45) is 5.73 Å². The van der Waals surface area contributed by atoms with Crippen molar-refractivity contribution >= 4 is 11.9 Å². The van der Waals surface area contributed by atoms with E-state index < -0.39 is 12.0 Å². The van der Waals surface area contributed by atoms with Crippen molar-refractivity contribution in [2.75, 3.05) is 0 Å². The molecule has 68 valence electrons. The first-order valence-electron chi connectivity index (χ1n) is 3.83. The van der Waals surface area contributed by atoms with E-state index in [-0.39, 0.29) is 17.6 Å². The van der Waals surface area contributed by atoms with Crippen LogP contribution in [-0.2, 0) is 9.59 Å². The number of β-lactam (4-membered cyclic amide) rings is 1. The second-order valence-corrected chi connectivity index (χ2v) is 2.97. The second kappa shape index (κ2) is 2.43. The average Bonchev–Trinajstić information content (AvgIpc) is 2.15. The molecule has 0 saturated carbocycles. The van der Waals surface area contributed by atoms with E-state index in [0.717, 1.165) is 0 Å². The number of carbonyl (C=O) groups is 2. The molecule has 2 rings (SSSR count). The average molecular weight is 180 g/mol. The molecule has 0 radical (unpaired) electrons. The number of carboxylic acids is 1. The maximum absolute atomic E-state index is 11.2. The van der Waals surface area contributed by atoms with Gasteiger partial charge in [-0.05, 0) is 6.08 Å². The summed E-state index contributed by atoms with van der Waals surface area (Å²) >= 11 is 0. The molecule has 0 spiro atoms. The highest BCUT2D eigenvalue weighted by molar-refractivity contribution is 6.00. The zero-order valence-electron chi connectivity index (χ0n) is 6.68. The predicted octanol–water partition coefficient (Wildman–Crippen LogP) is -0.937. The van der Waals surface area contributed by atoms with Crippen molar-refractivity contribution in [2.45, 2.75) is 12.1 Å². The minimum Gasteiger partial charge on any atom is -0.477 e. The lowest BCUT2D eigenvalue weighted by molar-refractivity contribution is -0.149. The lowest BCUT2D eigenvalue weighted by Gasteiger charge is -2.44. The smallest absolute Gasteiger partial charge is 0.352 e. The number of allylic oxidation sites excluding steroid dienone is 2. The van der Waals surface area contributed by atoms with Gasteiger partial charge in [-0.3, -0.25) is 9.69 Å². The molecule has 1 saturated heterocycles. The number of hydrogen-bond acceptors (Lipinski definition) is 3. The number of nitrogens with zero attached hydrogens (tertiary/aromatic N) is 1. The van der Waals surface area contributed by atoms with Crippen LogP contribution in [0.4, 0.5) is 0 Å². The zero-order valence-corrected chi connectivity index (χ0v) is 6.68. The van der Waals surface area contributed by atoms with Gasteiger partial charge < -0.3 is 10.8 Å². The molecular weight excluding hydrogens is 172 g/mol. The molecule has 0 aliphatic carbocycles. The van der Waals surface area contributed by atoms with Gasteiger partial charge in [-0.2, -0.15) is 0 Å². The van der Waals surface area contributed by atoms with Crippen LogP contribution >= 0.6 is 0 Å². The van der Waals surface area contributed by atoms with Crippen LogP contribution in [0.3, 0.4) is 0 Å². The summed E-state index contributed by atoms with van der Waals surface area (Å²) in [6.07, 6.45) is 4.72. The standard InChI is InChI=1S/C8H8N2O3/c9-6-4-2-1-3-5(8(12)13)10(4)7(6)11/h1-4,6H,9H2,(H,12,13)/t4-,6-/m0/s1. The SMILES string of the molecule is N[C@@H]1C(=O)N2C(C(=O)O)=CC=C[C@@H]12. The molecule has 1 fully saturated rings. The fourth-order valence-electron chi connectivity index (χ4n) is 1.53. The summed E-state index contributed by atoms with van der Waals surface area (Å²) in [5.41, 5.74) is 5.48. The van der Waals surface area contributed by atoms with Crippen molar-refractivity contribution in [1.82, 2.24) is 4.90 Å². The van der Waals surface area contributed by atoms with E-state index in [2.05, 4.69) is 0 Å². The fraction of sp³-hybridized carbons (Fsp3) is 0.250. The van der Waals surface area contributed by atoms with Crippen molar-refractivity contribution in [3.8, 4) is 0 Å². The number of carbonyl (C=O) groups excluding carboxylic acids is 1. The third-order valence-electron chi connectivity index (χ3n) is 2.23. The van der Waals surface area contributed by atoms with E-state index >= 15 is 0 Å². The summed E-state index contributed by atoms with van der Waals surface area (Å²) in [6, 6.07) is -0.858. The Balaban J connectivity index is 2.32. The van der Waals surface area contributed by atoms with Gasteiger partial charge in [-0.1, -0.05) is 12.2 Å². The molecule has 0 aromatic carbocycles. The third kappa shape index (κ3) is 0.905. The minimum absolute atomic E-state index is 0.000741. The Kier molecular flexibility index (Phi) is 1.50. The van der Waals surface area contributed by atoms with E-state index in [1.165, 1.54) is 11.0 Å². The van der Waals surface area contributed by atoms with Gasteiger partial charge in [0.15, 0.2) is 0 Å². The van der Waals surface area contributed by atoms with Gasteiger partial charge in [0.25, 0.3) is 0 Å². The van der Waals surface area contributed by atoms with Crippen LogP contribution in [0.25, 0.3) is 0 Å². The number of rotatable bonds is 1. The van der Waals surface area contributed by atoms with E-state index in [1.807, 2.05) is 0 Å². The summed E-state index contributed by atoms with van der Waals surface area (Å²) in [4.78, 5) is 23.0. The van der Waals surface area contributed by atoms with Crippen LogP contribution in [0.2, 0.25) is 0 Å². The molecular formula is C8H8N2O3. The molecule has 5 nitrogen and oxygen atoms in total. The first-order valence-corrected chi connectivity index (χ1v) is 3.83. The topological polar surface area (TPSA) is 83.6 Å². The van der Waals surface area contributed by atoms with Crippen LogP contribution in [-0.4, -0.2) is 34.0 Å². The monoisotopic (exact) mass is 180 g/mol. The molecule has 0 unspecified atom stereocenters. The van der Waals surface area contributed by atoms with Crippen molar-refractivity contribution in [3.05, 3.63) is 23.9 Å². The highest BCUT2D eigenvalue weighted by Crippen LogP contribution is 2.27. The molecule has 13 heavy (non-hydrogen) atoms. The summed E-state index contributed by atoms with van der Waals surface area (Å²) < 4.78 is 0. The van der Waals surface area contributed by atoms with Crippen LogP contribution in [0.1, 0.15) is 0 Å². The molecule has 0 bridgehead atoms. The van der Waals surface area contributed by atoms with Crippen LogP contribution in [0.15, 0.2) is 23.9 Å². The maximum Gasteiger partial charge on any atom is 0.352 e. The summed E-state index contributed by atoms with van der Waals surface area (Å²) in [5.74, 6) is -1.43. The van der Waals surface area contributed by atoms with Gasteiger partial charge in [-0.15, -0.1) is 0 Å². The minimum atomic E-state index is -1.10. The summed E-state index contributed by atoms with van der Waals surface area (Å²) in [5, 5.41) is 8.73. The molecule has 5 heteroatoms. The summed E-state index contributed by atoms with van der Waals surface area (Å²) in [7, 11) is 0. The number of nitrogens with two attached hydrogens (primary N) is 1. The second-order valence-electron chi connectivity index (χ2n) is 2.97. The number of carboxylic acid groups (broad SMARTS) is 1. The quantitative estimate of drug-likeness (QED) is 0.510. The van der Waals surface area contributed by atoms with Gasteiger partial charge in [0, 0.05) is 0 Å². The summed E-state index contributed by atoms with van der Waals surface area (Å²) in [6.45, 7) is 0. The Bertz CT molecular complexity index is 345. The molecule has 1 amide bonds. The molecule has 2 atom stereocenters. The Morgan fingerprint density at radius 1 is 1.62 bits per heavy atom. The van der Waals surface area contributed by atoms with Gasteiger partial charge in [-0.25, -0.2) is 4.79 Å². The van der Waals surface area contributed by atoms with E-state index in [9.17, 15) is 9.59 Å². The van der Waals surface area contributed by atoms with Crippen LogP contribution in [0, 0.1) is 0 Å². The lowest BCUT2D eigenvalue weighted by Crippen LogP contribution is -2.68. The Hall–Kier alpha value is -1.62. The first-order chi connectivity index (χ1) is 6.13. The van der Waals surface area contributed by atoms with Crippen LogP contribution < -0.4 is 5.73 Å². The normalized spacial score (nSPS) is 30.7. The highest BCUT2D eigenvalue weighted by Gasteiger charge is 2.47. The van der Waals surface area contributed by atoms with E-state index in [0.29, 0.717) is 0 Å². The molecule has 3 N–H and O–H groups in total. The number of amides is 1. The molecule has 0 aromatic rings. The van der Waals surface area contributed by atoms with Gasteiger partial charge in [0.05, 0.1) is 6.04 Å². The highest BCUT2D eigenvalue weighted by atomic mass is 16.4. The molecule has 0 aromatic heterocycles. The number of hydrogen-bond donors (Lipinski definition) is 2. The molecule has 2 aliphatic heterocycles. The Morgan fingerprint density at radius 3 is 2.92 bits per heavy atom. The zero-order chi connectivity index (χ0) is 9.59. The fourth-order valence-corrected chi connectivity index (χ4v) is 1.53. The number of aliphatic carboxylic acids is 1. The molecule has 2 aliphatic rings. The van der Waals surface area contributed by atoms with Crippen molar-refractivity contribution in [1.29, 1.82) is 0 Å². The lowest BCUT2D eigenvalue weighted by atomic mass is 9.92. The molecule has 2 heterocycles. The van der Waals surface area contributed by atoms with E-state index in [1.54, 1.807) is 12.2 Å². The maximum atomic E-state index is 11.2. The van der Waals surface area contributed by atoms with Gasteiger partial charge >= 0.3 is 5.97 Å². The van der Waals surface area contributed by atoms with Crippen molar-refractivity contribution in [3.63, 3.8) is 0 Å².